The number of nitrogens with one attached hydrogen (secondary N) is 1. The van der Waals surface area contributed by atoms with E-state index in [1.54, 1.807) is 31.2 Å². The number of rotatable bonds is 6. The van der Waals surface area contributed by atoms with Crippen molar-refractivity contribution < 1.29 is 19.4 Å². The molecule has 2 aromatic carbocycles. The van der Waals surface area contributed by atoms with Crippen molar-refractivity contribution in [2.75, 3.05) is 0 Å². The molecule has 1 atom stereocenters. The summed E-state index contributed by atoms with van der Waals surface area (Å²) in [5.74, 6) is -0.940. The Morgan fingerprint density at radius 1 is 1.17 bits per heavy atom. The van der Waals surface area contributed by atoms with Crippen LogP contribution in [0.4, 0.5) is 0 Å². The highest BCUT2D eigenvalue weighted by atomic mass is 35.5. The molecule has 126 valence electrons. The van der Waals surface area contributed by atoms with E-state index in [9.17, 15) is 9.59 Å². The van der Waals surface area contributed by atoms with Gasteiger partial charge >= 0.3 is 5.97 Å². The average molecular weight is 368 g/mol. The third-order valence-electron chi connectivity index (χ3n) is 3.23. The summed E-state index contributed by atoms with van der Waals surface area (Å²) in [6, 6.07) is 11.0. The van der Waals surface area contributed by atoms with Gasteiger partial charge in [-0.15, -0.1) is 0 Å². The van der Waals surface area contributed by atoms with Gasteiger partial charge in [0.2, 0.25) is 0 Å². The maximum Gasteiger partial charge on any atom is 0.335 e. The SMILES string of the molecule is CC(Oc1ccc(Cl)cc1Cl)C(=O)NCc1ccc(C(=O)O)cc1. The van der Waals surface area contributed by atoms with Crippen LogP contribution in [-0.2, 0) is 11.3 Å². The van der Waals surface area contributed by atoms with Crippen molar-refractivity contribution in [3.63, 3.8) is 0 Å². The first kappa shape index (κ1) is 18.1. The number of benzene rings is 2. The topological polar surface area (TPSA) is 75.6 Å². The molecule has 1 unspecified atom stereocenters. The summed E-state index contributed by atoms with van der Waals surface area (Å²) in [6.07, 6.45) is -0.748. The Kier molecular flexibility index (Phi) is 6.06. The van der Waals surface area contributed by atoms with E-state index >= 15 is 0 Å². The Labute approximate surface area is 149 Å². The normalized spacial score (nSPS) is 11.6. The summed E-state index contributed by atoms with van der Waals surface area (Å²) in [6.45, 7) is 1.87. The van der Waals surface area contributed by atoms with Crippen LogP contribution in [-0.4, -0.2) is 23.1 Å². The van der Waals surface area contributed by atoms with Gasteiger partial charge in [-0.3, -0.25) is 4.79 Å². The van der Waals surface area contributed by atoms with Gasteiger partial charge in [-0.05, 0) is 42.8 Å². The van der Waals surface area contributed by atoms with E-state index in [2.05, 4.69) is 5.32 Å². The number of hydrogen-bond donors (Lipinski definition) is 2. The highest BCUT2D eigenvalue weighted by Crippen LogP contribution is 2.28. The zero-order valence-corrected chi connectivity index (χ0v) is 14.3. The van der Waals surface area contributed by atoms with E-state index in [1.165, 1.54) is 18.2 Å². The highest BCUT2D eigenvalue weighted by Gasteiger charge is 2.16. The molecule has 1 amide bonds. The molecule has 0 aliphatic carbocycles. The van der Waals surface area contributed by atoms with Crippen molar-refractivity contribution in [2.24, 2.45) is 0 Å². The molecule has 0 fully saturated rings. The quantitative estimate of drug-likeness (QED) is 0.814. The molecule has 2 aromatic rings. The molecular weight excluding hydrogens is 353 g/mol. The predicted octanol–water partition coefficient (Wildman–Crippen LogP) is 3.78. The first-order valence-corrected chi connectivity index (χ1v) is 7.84. The number of ether oxygens (including phenoxy) is 1. The van der Waals surface area contributed by atoms with Crippen LogP contribution in [0.15, 0.2) is 42.5 Å². The third-order valence-corrected chi connectivity index (χ3v) is 3.76. The van der Waals surface area contributed by atoms with Gasteiger partial charge in [0.05, 0.1) is 10.6 Å². The molecule has 24 heavy (non-hydrogen) atoms. The summed E-state index contributed by atoms with van der Waals surface area (Å²) < 4.78 is 5.52. The van der Waals surface area contributed by atoms with Gasteiger partial charge in [0, 0.05) is 11.6 Å². The van der Waals surface area contributed by atoms with Crippen molar-refractivity contribution >= 4 is 35.1 Å². The van der Waals surface area contributed by atoms with Crippen LogP contribution in [0.1, 0.15) is 22.8 Å². The molecule has 0 radical (unpaired) electrons. The van der Waals surface area contributed by atoms with Gasteiger partial charge in [-0.25, -0.2) is 4.79 Å². The van der Waals surface area contributed by atoms with Crippen LogP contribution >= 0.6 is 23.2 Å². The molecule has 7 heteroatoms. The molecule has 5 nitrogen and oxygen atoms in total. The lowest BCUT2D eigenvalue weighted by Crippen LogP contribution is -2.35. The maximum atomic E-state index is 12.1. The van der Waals surface area contributed by atoms with E-state index < -0.39 is 12.1 Å². The van der Waals surface area contributed by atoms with E-state index in [-0.39, 0.29) is 18.0 Å². The first-order chi connectivity index (χ1) is 11.4. The molecule has 0 aromatic heterocycles. The molecule has 0 saturated heterocycles. The van der Waals surface area contributed by atoms with Crippen LogP contribution < -0.4 is 10.1 Å². The molecule has 2 rings (SSSR count). The van der Waals surface area contributed by atoms with E-state index in [1.807, 2.05) is 0 Å². The van der Waals surface area contributed by atoms with Gasteiger partial charge < -0.3 is 15.2 Å². The van der Waals surface area contributed by atoms with Gasteiger partial charge in [0.1, 0.15) is 5.75 Å². The van der Waals surface area contributed by atoms with Crippen molar-refractivity contribution in [3.05, 3.63) is 63.6 Å². The molecule has 0 spiro atoms. The predicted molar refractivity (Wildman–Crippen MR) is 91.8 cm³/mol. The minimum Gasteiger partial charge on any atom is -0.479 e. The minimum absolute atomic E-state index is 0.194. The van der Waals surface area contributed by atoms with Crippen molar-refractivity contribution in [1.82, 2.24) is 5.32 Å². The fraction of sp³-hybridized carbons (Fsp3) is 0.176. The fourth-order valence-corrected chi connectivity index (χ4v) is 2.37. The van der Waals surface area contributed by atoms with Gasteiger partial charge in [-0.1, -0.05) is 35.3 Å². The Balaban J connectivity index is 1.90. The van der Waals surface area contributed by atoms with Gasteiger partial charge in [0.15, 0.2) is 6.10 Å². The molecule has 0 aliphatic rings. The number of carbonyl (C=O) groups excluding carboxylic acids is 1. The van der Waals surface area contributed by atoms with Crippen LogP contribution in [0.5, 0.6) is 5.75 Å². The zero-order chi connectivity index (χ0) is 17.7. The van der Waals surface area contributed by atoms with Crippen molar-refractivity contribution in [3.8, 4) is 5.75 Å². The van der Waals surface area contributed by atoms with E-state index in [4.69, 9.17) is 33.0 Å². The largest absolute Gasteiger partial charge is 0.479 e. The van der Waals surface area contributed by atoms with Crippen LogP contribution in [0.2, 0.25) is 10.0 Å². The number of carbonyl (C=O) groups is 2. The molecule has 2 N–H and O–H groups in total. The third kappa shape index (κ3) is 4.88. The Morgan fingerprint density at radius 2 is 1.83 bits per heavy atom. The van der Waals surface area contributed by atoms with Crippen molar-refractivity contribution in [2.45, 2.75) is 19.6 Å². The molecule has 0 heterocycles. The Bertz CT molecular complexity index is 747. The Hall–Kier alpha value is -2.24. The average Bonchev–Trinajstić information content (AvgIpc) is 2.55. The first-order valence-electron chi connectivity index (χ1n) is 7.08. The maximum absolute atomic E-state index is 12.1. The highest BCUT2D eigenvalue weighted by molar-refractivity contribution is 6.35. The smallest absolute Gasteiger partial charge is 0.335 e. The number of halogens is 2. The number of hydrogen-bond acceptors (Lipinski definition) is 3. The van der Waals surface area contributed by atoms with E-state index in [0.717, 1.165) is 5.56 Å². The summed E-state index contributed by atoms with van der Waals surface area (Å²) in [7, 11) is 0. The second kappa shape index (κ2) is 8.04. The van der Waals surface area contributed by atoms with Crippen molar-refractivity contribution in [1.29, 1.82) is 0 Å². The number of carboxylic acid groups (broad SMARTS) is 1. The van der Waals surface area contributed by atoms with E-state index in [0.29, 0.717) is 15.8 Å². The second-order valence-electron chi connectivity index (χ2n) is 5.05. The standard InChI is InChI=1S/C17H15Cl2NO4/c1-10(24-15-7-6-13(18)8-14(15)19)16(21)20-9-11-2-4-12(5-3-11)17(22)23/h2-8,10H,9H2,1H3,(H,20,21)(H,22,23). The number of carboxylic acids is 1. The summed E-state index contributed by atoms with van der Waals surface area (Å²) >= 11 is 11.8. The molecule has 0 bridgehead atoms. The lowest BCUT2D eigenvalue weighted by molar-refractivity contribution is -0.127. The van der Waals surface area contributed by atoms with Crippen LogP contribution in [0.25, 0.3) is 0 Å². The molecular formula is C17H15Cl2NO4. The lowest BCUT2D eigenvalue weighted by atomic mass is 10.1. The Morgan fingerprint density at radius 3 is 2.42 bits per heavy atom. The monoisotopic (exact) mass is 367 g/mol. The number of amides is 1. The fourth-order valence-electron chi connectivity index (χ4n) is 1.91. The number of aromatic carboxylic acids is 1. The summed E-state index contributed by atoms with van der Waals surface area (Å²) in [4.78, 5) is 22.9. The van der Waals surface area contributed by atoms with Crippen LogP contribution in [0, 0.1) is 0 Å². The molecule has 0 saturated carbocycles. The second-order valence-corrected chi connectivity index (χ2v) is 5.90. The van der Waals surface area contributed by atoms with Crippen LogP contribution in [0.3, 0.4) is 0 Å². The summed E-state index contributed by atoms with van der Waals surface area (Å²) in [5, 5.41) is 12.4. The van der Waals surface area contributed by atoms with Gasteiger partial charge in [-0.2, -0.15) is 0 Å². The lowest BCUT2D eigenvalue weighted by Gasteiger charge is -2.16. The minimum atomic E-state index is -0.993. The van der Waals surface area contributed by atoms with Gasteiger partial charge in [0.25, 0.3) is 5.91 Å². The zero-order valence-electron chi connectivity index (χ0n) is 12.8. The summed E-state index contributed by atoms with van der Waals surface area (Å²) in [5.41, 5.74) is 0.976. The molecule has 0 aliphatic heterocycles.